The van der Waals surface area contributed by atoms with Gasteiger partial charge in [-0.05, 0) is 30.7 Å². The maximum Gasteiger partial charge on any atom is 0.238 e. The van der Waals surface area contributed by atoms with Gasteiger partial charge in [-0.3, -0.25) is 9.78 Å². The Bertz CT molecular complexity index is 584. The monoisotopic (exact) mass is 289 g/mol. The average Bonchev–Trinajstić information content (AvgIpc) is 2.44. The van der Waals surface area contributed by atoms with Crippen LogP contribution in [0.4, 0.5) is 5.69 Å². The van der Waals surface area contributed by atoms with Gasteiger partial charge in [0.05, 0.1) is 17.3 Å². The van der Waals surface area contributed by atoms with Gasteiger partial charge < -0.3 is 10.6 Å². The van der Waals surface area contributed by atoms with Crippen LogP contribution in [0.5, 0.6) is 0 Å². The Labute approximate surface area is 123 Å². The number of aryl methyl sites for hydroxylation is 1. The van der Waals surface area contributed by atoms with Crippen LogP contribution in [0.15, 0.2) is 42.6 Å². The number of nitrogens with one attached hydrogen (secondary N) is 2. The first-order valence-electron chi connectivity index (χ1n) is 6.32. The number of carbonyl (C=O) groups is 1. The number of pyridine rings is 1. The van der Waals surface area contributed by atoms with Gasteiger partial charge in [0.15, 0.2) is 0 Å². The first-order chi connectivity index (χ1) is 9.65. The van der Waals surface area contributed by atoms with E-state index in [4.69, 9.17) is 11.6 Å². The van der Waals surface area contributed by atoms with Crippen molar-refractivity contribution in [2.45, 2.75) is 13.5 Å². The van der Waals surface area contributed by atoms with Crippen molar-refractivity contribution in [1.29, 1.82) is 0 Å². The number of carbonyl (C=O) groups excluding carboxylic acids is 1. The van der Waals surface area contributed by atoms with Gasteiger partial charge in [0.2, 0.25) is 5.91 Å². The van der Waals surface area contributed by atoms with Crippen molar-refractivity contribution in [3.8, 4) is 0 Å². The fourth-order valence-electron chi connectivity index (χ4n) is 1.68. The lowest BCUT2D eigenvalue weighted by Gasteiger charge is -2.08. The predicted octanol–water partition coefficient (Wildman–Crippen LogP) is 2.77. The van der Waals surface area contributed by atoms with Crippen molar-refractivity contribution in [2.24, 2.45) is 0 Å². The van der Waals surface area contributed by atoms with E-state index < -0.39 is 0 Å². The zero-order valence-corrected chi connectivity index (χ0v) is 11.9. The SMILES string of the molecule is Cc1ccc(CNCC(=O)Nc2ccccc2Cl)cn1. The third-order valence-electron chi connectivity index (χ3n) is 2.74. The van der Waals surface area contributed by atoms with Gasteiger partial charge in [-0.25, -0.2) is 0 Å². The molecular formula is C15H16ClN3O. The number of halogens is 1. The molecule has 0 bridgehead atoms. The molecule has 0 aliphatic heterocycles. The van der Waals surface area contributed by atoms with Crippen LogP contribution in [0.2, 0.25) is 5.02 Å². The largest absolute Gasteiger partial charge is 0.324 e. The summed E-state index contributed by atoms with van der Waals surface area (Å²) < 4.78 is 0. The lowest BCUT2D eigenvalue weighted by atomic mass is 10.2. The van der Waals surface area contributed by atoms with Gasteiger partial charge in [0.25, 0.3) is 0 Å². The topological polar surface area (TPSA) is 54.0 Å². The second-order valence-corrected chi connectivity index (χ2v) is 4.85. The molecule has 2 aromatic rings. The van der Waals surface area contributed by atoms with Crippen molar-refractivity contribution in [3.05, 3.63) is 58.9 Å². The molecule has 0 saturated carbocycles. The Hall–Kier alpha value is -1.91. The smallest absolute Gasteiger partial charge is 0.238 e. The standard InChI is InChI=1S/C15H16ClN3O/c1-11-6-7-12(9-18-11)8-17-10-15(20)19-14-5-3-2-4-13(14)16/h2-7,9,17H,8,10H2,1H3,(H,19,20). The summed E-state index contributed by atoms with van der Waals surface area (Å²) >= 11 is 5.97. The summed E-state index contributed by atoms with van der Waals surface area (Å²) in [5, 5.41) is 6.35. The molecule has 0 aliphatic carbocycles. The maximum absolute atomic E-state index is 11.8. The first-order valence-corrected chi connectivity index (χ1v) is 6.69. The van der Waals surface area contributed by atoms with Crippen LogP contribution < -0.4 is 10.6 Å². The highest BCUT2D eigenvalue weighted by Crippen LogP contribution is 2.19. The normalized spacial score (nSPS) is 10.3. The van der Waals surface area contributed by atoms with Crippen LogP contribution in [0.25, 0.3) is 0 Å². The molecule has 1 amide bonds. The van der Waals surface area contributed by atoms with Crippen molar-refractivity contribution in [1.82, 2.24) is 10.3 Å². The molecule has 5 heteroatoms. The second kappa shape index (κ2) is 7.03. The summed E-state index contributed by atoms with van der Waals surface area (Å²) in [6.07, 6.45) is 1.80. The van der Waals surface area contributed by atoms with Crippen LogP contribution in [0.1, 0.15) is 11.3 Å². The van der Waals surface area contributed by atoms with Crippen LogP contribution >= 0.6 is 11.6 Å². The Morgan fingerprint density at radius 1 is 1.25 bits per heavy atom. The highest BCUT2D eigenvalue weighted by molar-refractivity contribution is 6.33. The van der Waals surface area contributed by atoms with Crippen molar-refractivity contribution < 1.29 is 4.79 Å². The molecule has 2 N–H and O–H groups in total. The molecule has 0 unspecified atom stereocenters. The third kappa shape index (κ3) is 4.33. The molecule has 2 rings (SSSR count). The van der Waals surface area contributed by atoms with E-state index in [2.05, 4.69) is 15.6 Å². The first kappa shape index (κ1) is 14.5. The molecule has 4 nitrogen and oxygen atoms in total. The van der Waals surface area contributed by atoms with Crippen molar-refractivity contribution in [2.75, 3.05) is 11.9 Å². The minimum absolute atomic E-state index is 0.127. The fraction of sp³-hybridized carbons (Fsp3) is 0.200. The molecule has 0 fully saturated rings. The van der Waals surface area contributed by atoms with Gasteiger partial charge in [-0.1, -0.05) is 29.8 Å². The number of para-hydroxylation sites is 1. The van der Waals surface area contributed by atoms with E-state index in [-0.39, 0.29) is 12.5 Å². The highest BCUT2D eigenvalue weighted by atomic mass is 35.5. The average molecular weight is 290 g/mol. The lowest BCUT2D eigenvalue weighted by molar-refractivity contribution is -0.115. The summed E-state index contributed by atoms with van der Waals surface area (Å²) in [6.45, 7) is 2.76. The van der Waals surface area contributed by atoms with Gasteiger partial charge in [-0.15, -0.1) is 0 Å². The van der Waals surface area contributed by atoms with Crippen molar-refractivity contribution in [3.63, 3.8) is 0 Å². The molecular weight excluding hydrogens is 274 g/mol. The maximum atomic E-state index is 11.8. The molecule has 1 heterocycles. The Balaban J connectivity index is 1.78. The Kier molecular flexibility index (Phi) is 5.09. The number of rotatable bonds is 5. The zero-order valence-electron chi connectivity index (χ0n) is 11.2. The van der Waals surface area contributed by atoms with E-state index in [0.29, 0.717) is 17.3 Å². The molecule has 20 heavy (non-hydrogen) atoms. The molecule has 1 aromatic heterocycles. The summed E-state index contributed by atoms with van der Waals surface area (Å²) in [6, 6.07) is 11.1. The summed E-state index contributed by atoms with van der Waals surface area (Å²) in [5.41, 5.74) is 2.64. The molecule has 0 saturated heterocycles. The lowest BCUT2D eigenvalue weighted by Crippen LogP contribution is -2.27. The van der Waals surface area contributed by atoms with E-state index >= 15 is 0 Å². The summed E-state index contributed by atoms with van der Waals surface area (Å²) in [7, 11) is 0. The predicted molar refractivity (Wildman–Crippen MR) is 80.8 cm³/mol. The van der Waals surface area contributed by atoms with Crippen molar-refractivity contribution >= 4 is 23.2 Å². The minimum Gasteiger partial charge on any atom is -0.324 e. The van der Waals surface area contributed by atoms with Crippen LogP contribution in [0, 0.1) is 6.92 Å². The van der Waals surface area contributed by atoms with E-state index in [1.54, 1.807) is 18.3 Å². The zero-order chi connectivity index (χ0) is 14.4. The molecule has 104 valence electrons. The molecule has 0 spiro atoms. The van der Waals surface area contributed by atoms with Gasteiger partial charge in [0, 0.05) is 18.4 Å². The third-order valence-corrected chi connectivity index (χ3v) is 3.06. The number of anilines is 1. The Morgan fingerprint density at radius 3 is 2.75 bits per heavy atom. The van der Waals surface area contributed by atoms with Gasteiger partial charge in [0.1, 0.15) is 0 Å². The van der Waals surface area contributed by atoms with E-state index in [1.165, 1.54) is 0 Å². The number of aromatic nitrogens is 1. The van der Waals surface area contributed by atoms with Crippen LogP contribution in [0.3, 0.4) is 0 Å². The quantitative estimate of drug-likeness (QED) is 0.890. The van der Waals surface area contributed by atoms with Crippen LogP contribution in [-0.2, 0) is 11.3 Å². The number of amides is 1. The number of benzene rings is 1. The van der Waals surface area contributed by atoms with Gasteiger partial charge in [-0.2, -0.15) is 0 Å². The number of nitrogens with zero attached hydrogens (tertiary/aromatic N) is 1. The van der Waals surface area contributed by atoms with Gasteiger partial charge >= 0.3 is 0 Å². The summed E-state index contributed by atoms with van der Waals surface area (Å²) in [5.74, 6) is -0.127. The second-order valence-electron chi connectivity index (χ2n) is 4.44. The van der Waals surface area contributed by atoms with Crippen LogP contribution in [-0.4, -0.2) is 17.4 Å². The molecule has 1 aromatic carbocycles. The highest BCUT2D eigenvalue weighted by Gasteiger charge is 2.04. The fourth-order valence-corrected chi connectivity index (χ4v) is 1.86. The Morgan fingerprint density at radius 2 is 2.05 bits per heavy atom. The molecule has 0 aliphatic rings. The summed E-state index contributed by atoms with van der Waals surface area (Å²) in [4.78, 5) is 16.0. The number of hydrogen-bond acceptors (Lipinski definition) is 3. The van der Waals surface area contributed by atoms with E-state index in [1.807, 2.05) is 31.2 Å². The molecule has 0 atom stereocenters. The van der Waals surface area contributed by atoms with E-state index in [9.17, 15) is 4.79 Å². The molecule has 0 radical (unpaired) electrons. The minimum atomic E-state index is -0.127. The van der Waals surface area contributed by atoms with E-state index in [0.717, 1.165) is 11.3 Å². The number of hydrogen-bond donors (Lipinski definition) is 2.